The van der Waals surface area contributed by atoms with Gasteiger partial charge in [-0.1, -0.05) is 48.6 Å². The predicted molar refractivity (Wildman–Crippen MR) is 107 cm³/mol. The van der Waals surface area contributed by atoms with Crippen molar-refractivity contribution in [3.05, 3.63) is 89.8 Å². The molecule has 3 unspecified atom stereocenters. The number of carbonyl (C=O) groups is 1. The van der Waals surface area contributed by atoms with Crippen molar-refractivity contribution in [2.24, 2.45) is 0 Å². The molecule has 0 saturated heterocycles. The van der Waals surface area contributed by atoms with Gasteiger partial charge in [-0.2, -0.15) is 0 Å². The average Bonchev–Trinajstić information content (AvgIpc) is 3.21. The third kappa shape index (κ3) is 2.37. The van der Waals surface area contributed by atoms with Gasteiger partial charge in [-0.3, -0.25) is 9.36 Å². The lowest BCUT2D eigenvalue weighted by Crippen LogP contribution is -2.45. The fraction of sp³-hybridized carbons (Fsp3) is 0.182. The molecule has 3 atom stereocenters. The molecule has 5 nitrogen and oxygen atoms in total. The highest BCUT2D eigenvalue weighted by Crippen LogP contribution is 2.41. The summed E-state index contributed by atoms with van der Waals surface area (Å²) in [7, 11) is 0. The van der Waals surface area contributed by atoms with Crippen LogP contribution in [-0.4, -0.2) is 25.4 Å². The molecule has 0 fully saturated rings. The summed E-state index contributed by atoms with van der Waals surface area (Å²) in [6, 6.07) is 12.8. The van der Waals surface area contributed by atoms with Crippen molar-refractivity contribution in [1.29, 1.82) is 0 Å². The number of nitrogens with zero attached hydrogens (tertiary/aromatic N) is 2. The minimum absolute atomic E-state index is 0.0772. The number of imidazole rings is 1. The first-order chi connectivity index (χ1) is 13.4. The molecule has 5 rings (SSSR count). The predicted octanol–water partition coefficient (Wildman–Crippen LogP) is 3.44. The number of hydrogen-bond donors (Lipinski definition) is 2. The average molecular weight is 391 g/mol. The maximum Gasteiger partial charge on any atom is 0.255 e. The van der Waals surface area contributed by atoms with Crippen LogP contribution >= 0.6 is 11.6 Å². The summed E-state index contributed by atoms with van der Waals surface area (Å²) in [5, 5.41) is 14.1. The number of halogens is 1. The van der Waals surface area contributed by atoms with Gasteiger partial charge in [0.2, 0.25) is 0 Å². The molecule has 1 radical (unpaired) electrons. The van der Waals surface area contributed by atoms with Crippen LogP contribution < -0.4 is 5.32 Å². The van der Waals surface area contributed by atoms with E-state index in [2.05, 4.69) is 16.6 Å². The summed E-state index contributed by atoms with van der Waals surface area (Å²) in [6.45, 7) is 1.94. The lowest BCUT2D eigenvalue weighted by Gasteiger charge is -2.30. The molecule has 139 valence electrons. The van der Waals surface area contributed by atoms with Gasteiger partial charge in [0.25, 0.3) is 11.8 Å². The maximum absolute atomic E-state index is 12.7. The summed E-state index contributed by atoms with van der Waals surface area (Å²) in [5.74, 6) is -2.17. The topological polar surface area (TPSA) is 67.2 Å². The van der Waals surface area contributed by atoms with Crippen molar-refractivity contribution in [1.82, 2.24) is 14.9 Å². The van der Waals surface area contributed by atoms with E-state index in [9.17, 15) is 9.90 Å². The van der Waals surface area contributed by atoms with Crippen molar-refractivity contribution >= 4 is 28.5 Å². The first-order valence-electron chi connectivity index (χ1n) is 9.00. The second-order valence-corrected chi connectivity index (χ2v) is 8.15. The minimum Gasteiger partial charge on any atom is -0.350 e. The van der Waals surface area contributed by atoms with Gasteiger partial charge in [0.05, 0.1) is 15.9 Å². The first kappa shape index (κ1) is 17.2. The molecule has 6 heteroatoms. The fourth-order valence-corrected chi connectivity index (χ4v) is 4.29. The van der Waals surface area contributed by atoms with Gasteiger partial charge in [-0.05, 0) is 30.7 Å². The molecule has 3 aromatic rings. The summed E-state index contributed by atoms with van der Waals surface area (Å²) in [4.78, 5) is 16.4. The standard InChI is InChI=1S/C22H17ClN3O2/c1-21(23)11-5-4-6-16(21)14-9-10-17-15(12-14)20(27)25-22(17,28)26-13-24-18-7-2-3-8-19(18)26/h2-12,16,28H,1H3,(H,25,27). The highest BCUT2D eigenvalue weighted by molar-refractivity contribution is 6.26. The van der Waals surface area contributed by atoms with E-state index in [0.29, 0.717) is 22.2 Å². The SMILES string of the molecule is CC1(Cl)C=CC=CC1c1ccc2c(c1)C(=O)NC2(O)n1[c]nc2ccccc21. The summed E-state index contributed by atoms with van der Waals surface area (Å²) in [6.07, 6.45) is 10.6. The van der Waals surface area contributed by atoms with E-state index in [1.54, 1.807) is 12.1 Å². The Bertz CT molecular complexity index is 1180. The number of allylic oxidation sites excluding steroid dienone is 4. The largest absolute Gasteiger partial charge is 0.350 e. The Morgan fingerprint density at radius 2 is 2.07 bits per heavy atom. The molecule has 2 heterocycles. The normalized spacial score (nSPS) is 28.5. The van der Waals surface area contributed by atoms with E-state index < -0.39 is 10.7 Å². The number of alkyl halides is 1. The number of rotatable bonds is 2. The quantitative estimate of drug-likeness (QED) is 0.659. The Labute approximate surface area is 167 Å². The summed E-state index contributed by atoms with van der Waals surface area (Å²) in [5.41, 5.74) is 3.16. The zero-order valence-electron chi connectivity index (χ0n) is 15.1. The lowest BCUT2D eigenvalue weighted by atomic mass is 9.82. The van der Waals surface area contributed by atoms with Crippen LogP contribution in [0.25, 0.3) is 11.0 Å². The van der Waals surface area contributed by atoms with Crippen molar-refractivity contribution < 1.29 is 9.90 Å². The Morgan fingerprint density at radius 1 is 1.25 bits per heavy atom. The molecule has 0 saturated carbocycles. The van der Waals surface area contributed by atoms with Gasteiger partial charge in [0.1, 0.15) is 0 Å². The fourth-order valence-electron chi connectivity index (χ4n) is 4.02. The van der Waals surface area contributed by atoms with E-state index in [-0.39, 0.29) is 11.8 Å². The molecule has 2 aliphatic rings. The lowest BCUT2D eigenvalue weighted by molar-refractivity contribution is -0.0116. The zero-order valence-corrected chi connectivity index (χ0v) is 15.8. The molecule has 2 N–H and O–H groups in total. The number of aliphatic hydroxyl groups is 1. The second kappa shape index (κ2) is 5.80. The van der Waals surface area contributed by atoms with Crippen molar-refractivity contribution in [2.75, 3.05) is 0 Å². The van der Waals surface area contributed by atoms with Crippen LogP contribution in [0.3, 0.4) is 0 Å². The van der Waals surface area contributed by atoms with Gasteiger partial charge in [0, 0.05) is 17.0 Å². The zero-order chi connectivity index (χ0) is 19.5. The number of nitrogens with one attached hydrogen (secondary N) is 1. The van der Waals surface area contributed by atoms with Crippen LogP contribution in [0.15, 0.2) is 66.8 Å². The van der Waals surface area contributed by atoms with Gasteiger partial charge < -0.3 is 10.4 Å². The molecule has 1 amide bonds. The Kier molecular flexibility index (Phi) is 3.57. The number of carbonyl (C=O) groups excluding carboxylic acids is 1. The van der Waals surface area contributed by atoms with Crippen molar-refractivity contribution in [3.63, 3.8) is 0 Å². The van der Waals surface area contributed by atoms with Crippen LogP contribution in [-0.2, 0) is 5.85 Å². The van der Waals surface area contributed by atoms with Crippen LogP contribution in [0.4, 0.5) is 0 Å². The highest BCUT2D eigenvalue weighted by Gasteiger charge is 2.45. The molecule has 1 aromatic heterocycles. The maximum atomic E-state index is 12.7. The Balaban J connectivity index is 1.63. The highest BCUT2D eigenvalue weighted by atomic mass is 35.5. The van der Waals surface area contributed by atoms with Gasteiger partial charge in [-0.25, -0.2) is 4.98 Å². The summed E-state index contributed by atoms with van der Waals surface area (Å²) >= 11 is 6.66. The van der Waals surface area contributed by atoms with Crippen LogP contribution in [0, 0.1) is 6.33 Å². The number of benzene rings is 2. The molecule has 1 aliphatic heterocycles. The molecule has 1 aliphatic carbocycles. The third-order valence-electron chi connectivity index (χ3n) is 5.47. The van der Waals surface area contributed by atoms with Crippen LogP contribution in [0.2, 0.25) is 0 Å². The second-order valence-electron chi connectivity index (χ2n) is 7.34. The number of fused-ring (bicyclic) bond motifs is 2. The van der Waals surface area contributed by atoms with Crippen molar-refractivity contribution in [3.8, 4) is 0 Å². The van der Waals surface area contributed by atoms with E-state index in [0.717, 1.165) is 5.56 Å². The third-order valence-corrected chi connectivity index (χ3v) is 5.83. The van der Waals surface area contributed by atoms with E-state index in [1.807, 2.05) is 61.6 Å². The molecule has 28 heavy (non-hydrogen) atoms. The molecule has 2 aromatic carbocycles. The van der Waals surface area contributed by atoms with E-state index in [4.69, 9.17) is 11.6 Å². The van der Waals surface area contributed by atoms with Crippen LogP contribution in [0.1, 0.15) is 34.3 Å². The van der Waals surface area contributed by atoms with Gasteiger partial charge in [-0.15, -0.1) is 11.6 Å². The monoisotopic (exact) mass is 390 g/mol. The van der Waals surface area contributed by atoms with E-state index in [1.165, 1.54) is 4.57 Å². The van der Waals surface area contributed by atoms with Crippen LogP contribution in [0.5, 0.6) is 0 Å². The molecular formula is C22H17ClN3O2. The number of amides is 1. The number of para-hydroxylation sites is 2. The molecule has 0 bridgehead atoms. The Morgan fingerprint density at radius 3 is 2.89 bits per heavy atom. The smallest absolute Gasteiger partial charge is 0.255 e. The van der Waals surface area contributed by atoms with E-state index >= 15 is 0 Å². The van der Waals surface area contributed by atoms with Gasteiger partial charge >= 0.3 is 0 Å². The Hall–Kier alpha value is -2.89. The minimum atomic E-state index is -1.74. The number of hydrogen-bond acceptors (Lipinski definition) is 3. The first-order valence-corrected chi connectivity index (χ1v) is 9.38. The molecule has 0 spiro atoms. The van der Waals surface area contributed by atoms with Crippen molar-refractivity contribution in [2.45, 2.75) is 23.6 Å². The number of aromatic nitrogens is 2. The molecular weight excluding hydrogens is 374 g/mol. The summed E-state index contributed by atoms with van der Waals surface area (Å²) < 4.78 is 1.46. The van der Waals surface area contributed by atoms with Gasteiger partial charge in [0.15, 0.2) is 6.33 Å².